The third kappa shape index (κ3) is 13.0. The van der Waals surface area contributed by atoms with Crippen LogP contribution in [-0.4, -0.2) is 85.3 Å². The van der Waals surface area contributed by atoms with Crippen molar-refractivity contribution < 1.29 is 38.0 Å². The zero-order valence-electron chi connectivity index (χ0n) is 67.2. The number of hydrogen-bond acceptors (Lipinski definition) is 14. The Morgan fingerprint density at radius 2 is 0.568 bits per heavy atom. The summed E-state index contributed by atoms with van der Waals surface area (Å²) in [5.41, 5.74) is 8.89. The lowest BCUT2D eigenvalue weighted by Crippen LogP contribution is -2.42. The number of rotatable bonds is 16. The molecule has 0 spiro atoms. The first kappa shape index (κ1) is 73.1. The van der Waals surface area contributed by atoms with Gasteiger partial charge in [-0.05, 0) is 126 Å². The molecule has 111 heavy (non-hydrogen) atoms. The number of hydrogen-bond donors (Lipinski definition) is 2. The number of carbonyl (C=O) groups is 1. The van der Waals surface area contributed by atoms with Crippen LogP contribution in [-0.2, 0) is 20.4 Å². The van der Waals surface area contributed by atoms with Crippen LogP contribution in [0.15, 0.2) is 170 Å². The van der Waals surface area contributed by atoms with E-state index in [0.29, 0.717) is 153 Å². The van der Waals surface area contributed by atoms with Crippen LogP contribution in [0.2, 0.25) is 0 Å². The number of benzene rings is 8. The molecule has 2 fully saturated rings. The SMILES string of the molecule is CC(C)(C)COc1cc2c(cc1OCC(C)(C)C)-c1nc-2nc2[nH]c(nc3nc(nc4[nH]c(n1)c1cc5c(cc41)C1OC5C4C1C1(c5ccccc5)C(=O)C4(c4ccccc4)C(c4ccccc4)=C1c1ccccc1)-c1cc(OCC(C)(C)C)c(OCC(C)(C)C)cc1-3)c1cc(OCC(C)(C)C)c(OCC(C)(C)C)cc21. The van der Waals surface area contributed by atoms with E-state index in [0.717, 1.165) is 55.3 Å². The van der Waals surface area contributed by atoms with E-state index in [4.69, 9.17) is 63.1 Å². The molecular formula is C95H100N8O8. The first-order valence-corrected chi connectivity index (χ1v) is 39.1. The summed E-state index contributed by atoms with van der Waals surface area (Å²) in [6.45, 7) is 41.1. The van der Waals surface area contributed by atoms with Gasteiger partial charge in [0, 0.05) is 55.6 Å². The van der Waals surface area contributed by atoms with Gasteiger partial charge in [0.1, 0.15) is 22.6 Å². The predicted octanol–water partition coefficient (Wildman–Crippen LogP) is 21.9. The van der Waals surface area contributed by atoms with Crippen LogP contribution in [0.5, 0.6) is 34.5 Å². The van der Waals surface area contributed by atoms with E-state index < -0.39 is 23.0 Å². The average Bonchev–Trinajstić information content (AvgIpc) is 1.45. The Bertz CT molecular complexity index is 5430. The van der Waals surface area contributed by atoms with Crippen LogP contribution in [0.3, 0.4) is 0 Å². The number of aromatic nitrogens is 8. The normalized spacial score (nSPS) is 19.9. The number of Topliss-reactive ketones (excluding diaryl/α,β-unsaturated/α-hetero) is 1. The van der Waals surface area contributed by atoms with Crippen molar-refractivity contribution in [2.24, 2.45) is 44.3 Å². The molecule has 0 radical (unpaired) electrons. The number of ketones is 1. The standard InChI is InChI=1S/C95H100N8O8/c1-88(2,3)47-105-67-41-61-63(43-69(67)107-49-90(7,8)9)83-99-81(61)97-79-59-39-57-58(78-76-75(77(57)111-78)94(55-35-27-21-28-36-55)73(53-31-23-19-24-32-53)74(54-33-25-20-26-34-54)95(76,87(94)104)56-37-29-22-30-38-56)40-60(59)80(96-79)98-82-62-42-68(106-48-89(4,5)6)70(108-50-91(10,11)12)44-64(62)84(100-82)102-86-66-46-72(110-52-93(16,17)18)71(109-51-92(13,14)15)45-65(66)85(101-83)103-86/h19-46,75-78H,47-52H2,1-18H3,(H2,96,97,98,99,100,101,102,103). The van der Waals surface area contributed by atoms with Crippen molar-refractivity contribution in [2.75, 3.05) is 39.6 Å². The smallest absolute Gasteiger partial charge is 0.164 e. The van der Waals surface area contributed by atoms with Crippen molar-refractivity contribution in [3.63, 3.8) is 0 Å². The molecule has 17 rings (SSSR count). The van der Waals surface area contributed by atoms with Crippen LogP contribution in [0.25, 0.3) is 101 Å². The highest BCUT2D eigenvalue weighted by atomic mass is 16.5. The number of carbonyl (C=O) groups excluding carboxylic acids is 1. The van der Waals surface area contributed by atoms with E-state index in [1.165, 1.54) is 0 Å². The molecule has 6 aliphatic rings. The Morgan fingerprint density at radius 3 is 0.829 bits per heavy atom. The van der Waals surface area contributed by atoms with E-state index >= 15 is 4.79 Å². The second kappa shape index (κ2) is 26.2. The molecule has 16 nitrogen and oxygen atoms in total. The molecule has 11 aromatic rings. The lowest BCUT2D eigenvalue weighted by molar-refractivity contribution is -0.125. The van der Waals surface area contributed by atoms with Gasteiger partial charge in [-0.15, -0.1) is 0 Å². The topological polar surface area (TPSA) is 191 Å². The van der Waals surface area contributed by atoms with Gasteiger partial charge in [0.05, 0.1) is 62.7 Å². The quantitative estimate of drug-likeness (QED) is 0.0929. The fourth-order valence-electron chi connectivity index (χ4n) is 16.9. The third-order valence-electron chi connectivity index (χ3n) is 21.5. The third-order valence-corrected chi connectivity index (χ3v) is 21.5. The zero-order chi connectivity index (χ0) is 77.9. The van der Waals surface area contributed by atoms with Gasteiger partial charge in [-0.2, -0.15) is 0 Å². The Hall–Kier alpha value is -10.7. The van der Waals surface area contributed by atoms with Gasteiger partial charge in [-0.3, -0.25) is 4.79 Å². The summed E-state index contributed by atoms with van der Waals surface area (Å²) in [6, 6.07) is 58.7. The zero-order valence-corrected chi connectivity index (χ0v) is 67.2. The molecule has 16 heteroatoms. The molecule has 3 aromatic heterocycles. The largest absolute Gasteiger partial charge is 0.489 e. The molecule has 6 unspecified atom stereocenters. The van der Waals surface area contributed by atoms with Crippen molar-refractivity contribution >= 4 is 61.1 Å². The second-order valence-electron chi connectivity index (χ2n) is 38.5. The molecule has 2 aliphatic carbocycles. The van der Waals surface area contributed by atoms with Gasteiger partial charge in [0.2, 0.25) is 0 Å². The van der Waals surface area contributed by atoms with Crippen molar-refractivity contribution in [1.29, 1.82) is 0 Å². The molecule has 2 N–H and O–H groups in total. The van der Waals surface area contributed by atoms with Crippen molar-refractivity contribution in [2.45, 2.75) is 148 Å². The van der Waals surface area contributed by atoms with Crippen molar-refractivity contribution in [1.82, 2.24) is 39.9 Å². The summed E-state index contributed by atoms with van der Waals surface area (Å²) in [6.07, 6.45) is -1.11. The first-order valence-electron chi connectivity index (χ1n) is 39.1. The van der Waals surface area contributed by atoms with Crippen LogP contribution < -0.4 is 28.4 Å². The molecule has 7 heterocycles. The van der Waals surface area contributed by atoms with Gasteiger partial charge >= 0.3 is 0 Å². The van der Waals surface area contributed by atoms with Gasteiger partial charge in [0.15, 0.2) is 63.6 Å². The number of allylic oxidation sites excluding steroid dienone is 2. The minimum atomic E-state index is -1.18. The minimum absolute atomic E-state index is 0.158. The Morgan fingerprint density at radius 1 is 0.324 bits per heavy atom. The lowest BCUT2D eigenvalue weighted by Gasteiger charge is -2.45. The number of nitrogens with one attached hydrogen (secondary N) is 2. The maximum atomic E-state index is 17.5. The number of ether oxygens (including phenoxy) is 7. The molecule has 4 aliphatic heterocycles. The van der Waals surface area contributed by atoms with Crippen LogP contribution >= 0.6 is 0 Å². The molecule has 1 saturated carbocycles. The van der Waals surface area contributed by atoms with Crippen molar-refractivity contribution in [3.05, 3.63) is 203 Å². The monoisotopic (exact) mass is 1480 g/mol. The summed E-state index contributed by atoms with van der Waals surface area (Å²) < 4.78 is 48.8. The molecule has 568 valence electrons. The number of H-pyrrole nitrogens is 2. The van der Waals surface area contributed by atoms with Gasteiger partial charge in [-0.1, -0.05) is 246 Å². The van der Waals surface area contributed by atoms with Gasteiger partial charge in [0.25, 0.3) is 0 Å². The fourth-order valence-corrected chi connectivity index (χ4v) is 16.9. The highest BCUT2D eigenvalue weighted by molar-refractivity contribution is 6.30. The molecule has 8 aromatic carbocycles. The number of fused-ring (bicyclic) bond motifs is 32. The van der Waals surface area contributed by atoms with Crippen LogP contribution in [0.4, 0.5) is 0 Å². The summed E-state index contributed by atoms with van der Waals surface area (Å²) in [5.74, 6) is 4.24. The Labute approximate surface area is 650 Å². The second-order valence-corrected chi connectivity index (χ2v) is 38.5. The van der Waals surface area contributed by atoms with Crippen LogP contribution in [0.1, 0.15) is 170 Å². The summed E-state index contributed by atoms with van der Waals surface area (Å²) in [4.78, 5) is 58.9. The maximum Gasteiger partial charge on any atom is 0.164 e. The Balaban J connectivity index is 0.982. The Kier molecular flexibility index (Phi) is 17.3. The predicted molar refractivity (Wildman–Crippen MR) is 440 cm³/mol. The highest BCUT2D eigenvalue weighted by Crippen LogP contribution is 2.81. The summed E-state index contributed by atoms with van der Waals surface area (Å²) in [5, 5.41) is 2.94. The maximum absolute atomic E-state index is 17.5. The lowest BCUT2D eigenvalue weighted by atomic mass is 9.54. The van der Waals surface area contributed by atoms with Crippen molar-refractivity contribution in [3.8, 4) is 80.0 Å². The summed E-state index contributed by atoms with van der Waals surface area (Å²) in [7, 11) is 0. The number of nitrogens with zero attached hydrogens (tertiary/aromatic N) is 6. The molecule has 0 amide bonds. The van der Waals surface area contributed by atoms with E-state index in [1.807, 2.05) is 48.5 Å². The molecule has 6 atom stereocenters. The summed E-state index contributed by atoms with van der Waals surface area (Å²) >= 11 is 0. The first-order chi connectivity index (χ1) is 52.6. The van der Waals surface area contributed by atoms with E-state index in [1.54, 1.807) is 0 Å². The van der Waals surface area contributed by atoms with Gasteiger partial charge in [-0.25, -0.2) is 29.9 Å². The molecular weight excluding hydrogens is 1380 g/mol. The fraction of sp³-hybridized carbons (Fsp3) is 0.379. The van der Waals surface area contributed by atoms with E-state index in [9.17, 15) is 0 Å². The molecule has 12 bridgehead atoms. The minimum Gasteiger partial charge on any atom is -0.489 e. The highest BCUT2D eigenvalue weighted by Gasteiger charge is 2.82. The average molecular weight is 1480 g/mol. The van der Waals surface area contributed by atoms with E-state index in [-0.39, 0.29) is 50.1 Å². The van der Waals surface area contributed by atoms with Crippen LogP contribution in [0, 0.1) is 44.3 Å². The van der Waals surface area contributed by atoms with Gasteiger partial charge < -0.3 is 43.1 Å². The number of aromatic amines is 2. The van der Waals surface area contributed by atoms with E-state index in [2.05, 4.69) is 256 Å². The molecule has 1 saturated heterocycles.